The molecule has 2 aliphatic heterocycles. The van der Waals surface area contributed by atoms with E-state index in [4.69, 9.17) is 22.1 Å². The number of carbonyl (C=O) groups excluding carboxylic acids is 1. The average molecular weight is 414 g/mol. The third kappa shape index (κ3) is 4.24. The highest BCUT2D eigenvalue weighted by molar-refractivity contribution is 7.80. The number of carboxylic acid groups (broad SMARTS) is 1. The second-order valence-electron chi connectivity index (χ2n) is 6.57. The molecule has 11 heteroatoms. The lowest BCUT2D eigenvalue weighted by atomic mass is 10.2. The summed E-state index contributed by atoms with van der Waals surface area (Å²) < 4.78 is 34.5. The molecule has 1 aromatic rings. The van der Waals surface area contributed by atoms with Gasteiger partial charge in [0.25, 0.3) is 0 Å². The highest BCUT2D eigenvalue weighted by atomic mass is 32.1. The molecule has 2 aliphatic rings. The SMILES string of the molecule is CC(=S)NC[C@H]1CN(c2cc(F)c(N3CCN(C(=O)O)CC3)c(F)c2)C(=O)O1. The van der Waals surface area contributed by atoms with Crippen LogP contribution in [0.2, 0.25) is 0 Å². The van der Waals surface area contributed by atoms with Gasteiger partial charge in [-0.1, -0.05) is 12.2 Å². The number of nitrogens with zero attached hydrogens (tertiary/aromatic N) is 3. The molecule has 0 saturated carbocycles. The van der Waals surface area contributed by atoms with E-state index in [0.717, 1.165) is 12.1 Å². The van der Waals surface area contributed by atoms with Crippen molar-refractivity contribution in [3.8, 4) is 0 Å². The second kappa shape index (κ2) is 8.13. The van der Waals surface area contributed by atoms with E-state index >= 15 is 0 Å². The molecule has 8 nitrogen and oxygen atoms in total. The molecular formula is C17H20F2N4O4S. The number of hydrogen-bond donors (Lipinski definition) is 2. The fourth-order valence-electron chi connectivity index (χ4n) is 3.23. The Morgan fingerprint density at radius 1 is 1.29 bits per heavy atom. The van der Waals surface area contributed by atoms with Gasteiger partial charge < -0.3 is 25.0 Å². The lowest BCUT2D eigenvalue weighted by molar-refractivity contribution is 0.141. The molecule has 1 atom stereocenters. The fraction of sp³-hybridized carbons (Fsp3) is 0.471. The van der Waals surface area contributed by atoms with E-state index in [1.807, 2.05) is 0 Å². The quantitative estimate of drug-likeness (QED) is 0.729. The molecule has 3 rings (SSSR count). The number of piperazine rings is 1. The van der Waals surface area contributed by atoms with Gasteiger partial charge in [0.2, 0.25) is 0 Å². The van der Waals surface area contributed by atoms with Crippen molar-refractivity contribution in [3.63, 3.8) is 0 Å². The van der Waals surface area contributed by atoms with Crippen LogP contribution in [0.1, 0.15) is 6.92 Å². The van der Waals surface area contributed by atoms with Gasteiger partial charge in [-0.05, 0) is 6.92 Å². The van der Waals surface area contributed by atoms with Gasteiger partial charge in [0.15, 0.2) is 11.6 Å². The third-order valence-electron chi connectivity index (χ3n) is 4.63. The van der Waals surface area contributed by atoms with Gasteiger partial charge in [-0.2, -0.15) is 0 Å². The Balaban J connectivity index is 1.73. The Kier molecular flexibility index (Phi) is 5.82. The van der Waals surface area contributed by atoms with Crippen molar-refractivity contribution in [3.05, 3.63) is 23.8 Å². The third-order valence-corrected chi connectivity index (χ3v) is 4.78. The van der Waals surface area contributed by atoms with Crippen LogP contribution >= 0.6 is 12.2 Å². The monoisotopic (exact) mass is 414 g/mol. The van der Waals surface area contributed by atoms with Crippen molar-refractivity contribution in [2.24, 2.45) is 0 Å². The van der Waals surface area contributed by atoms with E-state index in [1.165, 1.54) is 14.7 Å². The molecule has 0 radical (unpaired) electrons. The summed E-state index contributed by atoms with van der Waals surface area (Å²) in [5.41, 5.74) is -0.162. The first-order valence-corrected chi connectivity index (χ1v) is 9.11. The highest BCUT2D eigenvalue weighted by Gasteiger charge is 2.34. The van der Waals surface area contributed by atoms with Crippen LogP contribution in [-0.4, -0.2) is 72.6 Å². The van der Waals surface area contributed by atoms with Gasteiger partial charge in [0.05, 0.1) is 23.8 Å². The molecule has 0 aliphatic carbocycles. The molecule has 2 fully saturated rings. The van der Waals surface area contributed by atoms with Crippen LogP contribution in [0, 0.1) is 11.6 Å². The topological polar surface area (TPSA) is 85.4 Å². The zero-order chi connectivity index (χ0) is 20.4. The van der Waals surface area contributed by atoms with Crippen LogP contribution in [0.4, 0.5) is 29.7 Å². The Labute approximate surface area is 165 Å². The number of halogens is 2. The summed E-state index contributed by atoms with van der Waals surface area (Å²) in [4.78, 5) is 27.4. The lowest BCUT2D eigenvalue weighted by Crippen LogP contribution is -2.48. The van der Waals surface area contributed by atoms with Crippen LogP contribution in [-0.2, 0) is 4.74 Å². The minimum Gasteiger partial charge on any atom is -0.465 e. The van der Waals surface area contributed by atoms with Gasteiger partial charge in [-0.15, -0.1) is 0 Å². The number of nitrogens with one attached hydrogen (secondary N) is 1. The average Bonchev–Trinajstić information content (AvgIpc) is 3.00. The molecule has 2 heterocycles. The zero-order valence-electron chi connectivity index (χ0n) is 15.2. The Morgan fingerprint density at radius 3 is 2.43 bits per heavy atom. The van der Waals surface area contributed by atoms with E-state index in [9.17, 15) is 18.4 Å². The summed E-state index contributed by atoms with van der Waals surface area (Å²) in [5, 5.41) is 11.9. The van der Waals surface area contributed by atoms with Gasteiger partial charge in [-0.3, -0.25) is 4.90 Å². The van der Waals surface area contributed by atoms with Gasteiger partial charge >= 0.3 is 12.2 Å². The molecule has 28 heavy (non-hydrogen) atoms. The predicted octanol–water partition coefficient (Wildman–Crippen LogP) is 2.03. The Morgan fingerprint density at radius 2 is 1.89 bits per heavy atom. The second-order valence-corrected chi connectivity index (χ2v) is 7.18. The fourth-order valence-corrected chi connectivity index (χ4v) is 3.31. The summed E-state index contributed by atoms with van der Waals surface area (Å²) in [7, 11) is 0. The van der Waals surface area contributed by atoms with Crippen molar-refractivity contribution < 1.29 is 28.2 Å². The summed E-state index contributed by atoms with van der Waals surface area (Å²) in [6.45, 7) is 2.82. The van der Waals surface area contributed by atoms with Crippen LogP contribution in [0.3, 0.4) is 0 Å². The first kappa shape index (κ1) is 20.1. The summed E-state index contributed by atoms with van der Waals surface area (Å²) in [6, 6.07) is 2.17. The van der Waals surface area contributed by atoms with Crippen molar-refractivity contribution in [2.75, 3.05) is 49.1 Å². The number of anilines is 2. The minimum atomic E-state index is -1.06. The van der Waals surface area contributed by atoms with E-state index in [0.29, 0.717) is 11.5 Å². The van der Waals surface area contributed by atoms with Gasteiger partial charge in [0, 0.05) is 38.3 Å². The van der Waals surface area contributed by atoms with E-state index in [1.54, 1.807) is 6.92 Å². The zero-order valence-corrected chi connectivity index (χ0v) is 16.0. The van der Waals surface area contributed by atoms with Crippen molar-refractivity contribution in [2.45, 2.75) is 13.0 Å². The number of rotatable bonds is 4. The van der Waals surface area contributed by atoms with E-state index < -0.39 is 29.9 Å². The summed E-state index contributed by atoms with van der Waals surface area (Å²) in [6.07, 6.45) is -2.23. The molecule has 152 valence electrons. The number of amides is 2. The van der Waals surface area contributed by atoms with Crippen LogP contribution in [0.25, 0.3) is 0 Å². The Hall–Kier alpha value is -2.69. The molecule has 2 amide bonds. The summed E-state index contributed by atoms with van der Waals surface area (Å²) in [5.74, 6) is -1.63. The van der Waals surface area contributed by atoms with Crippen LogP contribution < -0.4 is 15.1 Å². The highest BCUT2D eigenvalue weighted by Crippen LogP contribution is 2.31. The number of benzene rings is 1. The molecule has 1 aromatic carbocycles. The molecule has 0 unspecified atom stereocenters. The molecular weight excluding hydrogens is 394 g/mol. The standard InChI is InChI=1S/C17H20F2N4O4S/c1-10(28)20-8-12-9-23(17(26)27-12)11-6-13(18)15(14(19)7-11)21-2-4-22(5-3-21)16(24)25/h6-7,12H,2-5,8-9H2,1H3,(H,20,28)(H,24,25)/t12-/m0/s1. The maximum Gasteiger partial charge on any atom is 0.414 e. The van der Waals surface area contributed by atoms with Crippen LogP contribution in [0.15, 0.2) is 12.1 Å². The molecule has 0 aromatic heterocycles. The normalized spacial score (nSPS) is 19.6. The molecule has 2 N–H and O–H groups in total. The minimum absolute atomic E-state index is 0.0643. The number of thiocarbonyl (C=S) groups is 1. The first-order valence-electron chi connectivity index (χ1n) is 8.70. The number of cyclic esters (lactones) is 1. The molecule has 0 bridgehead atoms. The molecule has 0 spiro atoms. The van der Waals surface area contributed by atoms with Gasteiger partial charge in [0.1, 0.15) is 11.8 Å². The number of hydrogen-bond acceptors (Lipinski definition) is 5. The molecule has 2 saturated heterocycles. The van der Waals surface area contributed by atoms with E-state index in [-0.39, 0.29) is 44.1 Å². The van der Waals surface area contributed by atoms with Crippen molar-refractivity contribution >= 4 is 40.8 Å². The van der Waals surface area contributed by atoms with Crippen molar-refractivity contribution in [1.82, 2.24) is 10.2 Å². The maximum absolute atomic E-state index is 14.7. The van der Waals surface area contributed by atoms with E-state index in [2.05, 4.69) is 5.32 Å². The number of ether oxygens (including phenoxy) is 1. The predicted molar refractivity (Wildman–Crippen MR) is 102 cm³/mol. The lowest BCUT2D eigenvalue weighted by Gasteiger charge is -2.35. The van der Waals surface area contributed by atoms with Gasteiger partial charge in [-0.25, -0.2) is 18.4 Å². The van der Waals surface area contributed by atoms with Crippen LogP contribution in [0.5, 0.6) is 0 Å². The smallest absolute Gasteiger partial charge is 0.414 e. The maximum atomic E-state index is 14.7. The Bertz CT molecular complexity index is 778. The largest absolute Gasteiger partial charge is 0.465 e. The van der Waals surface area contributed by atoms with Crippen molar-refractivity contribution in [1.29, 1.82) is 0 Å². The number of carbonyl (C=O) groups is 2. The summed E-state index contributed by atoms with van der Waals surface area (Å²) >= 11 is 4.91. The first-order chi connectivity index (χ1) is 13.3.